The number of aromatic hydroxyl groups is 1. The number of rotatable bonds is 1. The third-order valence-electron chi connectivity index (χ3n) is 1.48. The van der Waals surface area contributed by atoms with E-state index >= 15 is 0 Å². The van der Waals surface area contributed by atoms with Crippen molar-refractivity contribution in [1.82, 2.24) is 0 Å². The standard InChI is InChI=1S/C8H11NO2/c1-5-3-6(9)4-7(10)8(5)11-2/h3-4,10H,9H2,1-2H3. The first-order valence-corrected chi connectivity index (χ1v) is 3.28. The van der Waals surface area contributed by atoms with Gasteiger partial charge < -0.3 is 15.6 Å². The molecule has 0 amide bonds. The number of hydrogen-bond donors (Lipinski definition) is 2. The van der Waals surface area contributed by atoms with E-state index < -0.39 is 0 Å². The van der Waals surface area contributed by atoms with Gasteiger partial charge in [0.15, 0.2) is 11.5 Å². The minimum atomic E-state index is 0.0880. The van der Waals surface area contributed by atoms with E-state index in [0.717, 1.165) is 5.56 Å². The molecule has 3 nitrogen and oxygen atoms in total. The molecule has 0 saturated carbocycles. The highest BCUT2D eigenvalue weighted by atomic mass is 16.5. The SMILES string of the molecule is COc1c(C)cc(N)cc1O. The molecule has 0 aromatic heterocycles. The van der Waals surface area contributed by atoms with Gasteiger partial charge in [-0.3, -0.25) is 0 Å². The summed E-state index contributed by atoms with van der Waals surface area (Å²) in [6.45, 7) is 1.83. The average Bonchev–Trinajstić information content (AvgIpc) is 1.85. The van der Waals surface area contributed by atoms with Gasteiger partial charge in [0.2, 0.25) is 0 Å². The van der Waals surface area contributed by atoms with Crippen LogP contribution in [0.1, 0.15) is 5.56 Å². The number of hydrogen-bond acceptors (Lipinski definition) is 3. The Morgan fingerprint density at radius 3 is 2.55 bits per heavy atom. The van der Waals surface area contributed by atoms with Crippen LogP contribution in [0.3, 0.4) is 0 Å². The summed E-state index contributed by atoms with van der Waals surface area (Å²) in [5.41, 5.74) is 6.85. The summed E-state index contributed by atoms with van der Waals surface area (Å²) in [6.07, 6.45) is 0. The molecule has 1 aromatic carbocycles. The molecule has 0 fully saturated rings. The highest BCUT2D eigenvalue weighted by molar-refractivity contribution is 5.55. The van der Waals surface area contributed by atoms with Crippen molar-refractivity contribution in [2.75, 3.05) is 12.8 Å². The van der Waals surface area contributed by atoms with Crippen molar-refractivity contribution in [3.05, 3.63) is 17.7 Å². The lowest BCUT2D eigenvalue weighted by Crippen LogP contribution is -1.91. The first-order valence-electron chi connectivity index (χ1n) is 3.28. The highest BCUT2D eigenvalue weighted by Gasteiger charge is 2.04. The van der Waals surface area contributed by atoms with E-state index in [1.807, 2.05) is 6.92 Å². The third-order valence-corrected chi connectivity index (χ3v) is 1.48. The number of phenolic OH excluding ortho intramolecular Hbond substituents is 1. The van der Waals surface area contributed by atoms with Crippen LogP contribution in [-0.2, 0) is 0 Å². The molecule has 0 atom stereocenters. The molecule has 0 saturated heterocycles. The van der Waals surface area contributed by atoms with Gasteiger partial charge in [-0.25, -0.2) is 0 Å². The first kappa shape index (κ1) is 7.72. The molecule has 0 aliphatic carbocycles. The first-order chi connectivity index (χ1) is 5.15. The van der Waals surface area contributed by atoms with Gasteiger partial charge in [0.05, 0.1) is 7.11 Å². The lowest BCUT2D eigenvalue weighted by molar-refractivity contribution is 0.371. The second-order valence-corrected chi connectivity index (χ2v) is 2.39. The quantitative estimate of drug-likeness (QED) is 0.598. The normalized spacial score (nSPS) is 9.64. The van der Waals surface area contributed by atoms with Crippen LogP contribution < -0.4 is 10.5 Å². The number of methoxy groups -OCH3 is 1. The van der Waals surface area contributed by atoms with Crippen molar-refractivity contribution in [3.63, 3.8) is 0 Å². The molecular formula is C8H11NO2. The Kier molecular flexibility index (Phi) is 1.89. The van der Waals surface area contributed by atoms with Gasteiger partial charge in [0, 0.05) is 11.8 Å². The van der Waals surface area contributed by atoms with Crippen LogP contribution in [0, 0.1) is 6.92 Å². The molecule has 0 aliphatic rings. The molecule has 60 valence electrons. The minimum absolute atomic E-state index is 0.0880. The van der Waals surface area contributed by atoms with E-state index in [1.165, 1.54) is 13.2 Å². The predicted molar refractivity (Wildman–Crippen MR) is 43.8 cm³/mol. The average molecular weight is 153 g/mol. The van der Waals surface area contributed by atoms with E-state index in [-0.39, 0.29) is 5.75 Å². The van der Waals surface area contributed by atoms with Gasteiger partial charge in [-0.15, -0.1) is 0 Å². The van der Waals surface area contributed by atoms with Gasteiger partial charge in [-0.05, 0) is 18.6 Å². The molecule has 3 N–H and O–H groups in total. The molecule has 0 aliphatic heterocycles. The molecule has 11 heavy (non-hydrogen) atoms. The summed E-state index contributed by atoms with van der Waals surface area (Å²) in [5.74, 6) is 0.573. The molecule has 0 heterocycles. The van der Waals surface area contributed by atoms with Crippen molar-refractivity contribution < 1.29 is 9.84 Å². The fourth-order valence-corrected chi connectivity index (χ4v) is 1.05. The monoisotopic (exact) mass is 153 g/mol. The van der Waals surface area contributed by atoms with Crippen molar-refractivity contribution in [2.24, 2.45) is 0 Å². The van der Waals surface area contributed by atoms with Crippen molar-refractivity contribution in [3.8, 4) is 11.5 Å². The predicted octanol–water partition coefficient (Wildman–Crippen LogP) is 1.29. The summed E-state index contributed by atoms with van der Waals surface area (Å²) in [7, 11) is 1.51. The number of nitrogen functional groups attached to an aromatic ring is 1. The fraction of sp³-hybridized carbons (Fsp3) is 0.250. The molecule has 0 bridgehead atoms. The largest absolute Gasteiger partial charge is 0.504 e. The lowest BCUT2D eigenvalue weighted by Gasteiger charge is -2.06. The van der Waals surface area contributed by atoms with E-state index in [9.17, 15) is 5.11 Å². The maximum absolute atomic E-state index is 9.27. The smallest absolute Gasteiger partial charge is 0.163 e. The Morgan fingerprint density at radius 2 is 2.09 bits per heavy atom. The molecule has 0 radical (unpaired) electrons. The molecule has 1 aromatic rings. The summed E-state index contributed by atoms with van der Waals surface area (Å²) >= 11 is 0. The summed E-state index contributed by atoms with van der Waals surface area (Å²) in [6, 6.07) is 3.21. The third kappa shape index (κ3) is 1.37. The maximum Gasteiger partial charge on any atom is 0.163 e. The number of anilines is 1. The van der Waals surface area contributed by atoms with Crippen LogP contribution in [0.25, 0.3) is 0 Å². The number of nitrogens with two attached hydrogens (primary N) is 1. The summed E-state index contributed by atoms with van der Waals surface area (Å²) in [4.78, 5) is 0. The second-order valence-electron chi connectivity index (χ2n) is 2.39. The van der Waals surface area contributed by atoms with Crippen molar-refractivity contribution in [2.45, 2.75) is 6.92 Å². The molecule has 0 spiro atoms. The van der Waals surface area contributed by atoms with Crippen LogP contribution >= 0.6 is 0 Å². The molecule has 0 unspecified atom stereocenters. The van der Waals surface area contributed by atoms with Crippen molar-refractivity contribution >= 4 is 5.69 Å². The van der Waals surface area contributed by atoms with E-state index in [0.29, 0.717) is 11.4 Å². The van der Waals surface area contributed by atoms with E-state index in [4.69, 9.17) is 10.5 Å². The van der Waals surface area contributed by atoms with E-state index in [2.05, 4.69) is 0 Å². The Labute approximate surface area is 65.4 Å². The van der Waals surface area contributed by atoms with Gasteiger partial charge in [-0.1, -0.05) is 0 Å². The zero-order chi connectivity index (χ0) is 8.43. The fourth-order valence-electron chi connectivity index (χ4n) is 1.05. The van der Waals surface area contributed by atoms with Crippen LogP contribution in [0.2, 0.25) is 0 Å². The van der Waals surface area contributed by atoms with E-state index in [1.54, 1.807) is 6.07 Å². The highest BCUT2D eigenvalue weighted by Crippen LogP contribution is 2.31. The zero-order valence-corrected chi connectivity index (χ0v) is 6.59. The zero-order valence-electron chi connectivity index (χ0n) is 6.59. The minimum Gasteiger partial charge on any atom is -0.504 e. The van der Waals surface area contributed by atoms with Crippen LogP contribution in [0.15, 0.2) is 12.1 Å². The van der Waals surface area contributed by atoms with Gasteiger partial charge in [0.25, 0.3) is 0 Å². The van der Waals surface area contributed by atoms with Gasteiger partial charge in [0.1, 0.15) is 0 Å². The molecule has 3 heteroatoms. The second kappa shape index (κ2) is 2.70. The number of benzene rings is 1. The van der Waals surface area contributed by atoms with Crippen molar-refractivity contribution in [1.29, 1.82) is 0 Å². The molecule has 1 rings (SSSR count). The van der Waals surface area contributed by atoms with Crippen LogP contribution in [-0.4, -0.2) is 12.2 Å². The Bertz CT molecular complexity index is 248. The summed E-state index contributed by atoms with van der Waals surface area (Å²) < 4.78 is 4.93. The van der Waals surface area contributed by atoms with Crippen LogP contribution in [0.4, 0.5) is 5.69 Å². The Hall–Kier alpha value is -1.38. The number of ether oxygens (including phenoxy) is 1. The van der Waals surface area contributed by atoms with Gasteiger partial charge in [-0.2, -0.15) is 0 Å². The Balaban J connectivity index is 3.25. The molecular weight excluding hydrogens is 142 g/mol. The maximum atomic E-state index is 9.27. The van der Waals surface area contributed by atoms with Crippen LogP contribution in [0.5, 0.6) is 11.5 Å². The van der Waals surface area contributed by atoms with Gasteiger partial charge >= 0.3 is 0 Å². The topological polar surface area (TPSA) is 55.5 Å². The Morgan fingerprint density at radius 1 is 1.45 bits per heavy atom. The number of phenols is 1. The lowest BCUT2D eigenvalue weighted by atomic mass is 10.2. The summed E-state index contributed by atoms with van der Waals surface area (Å²) in [5, 5.41) is 9.27. The number of aryl methyl sites for hydroxylation is 1.